The van der Waals surface area contributed by atoms with Gasteiger partial charge in [0, 0.05) is 23.5 Å². The Morgan fingerprint density at radius 3 is 2.68 bits per heavy atom. The van der Waals surface area contributed by atoms with Crippen molar-refractivity contribution < 1.29 is 14.2 Å². The molecular weight excluding hydrogens is 282 g/mol. The third kappa shape index (κ3) is 2.76. The van der Waals surface area contributed by atoms with E-state index >= 15 is 0 Å². The molecule has 0 aliphatic carbocycles. The van der Waals surface area contributed by atoms with Crippen LogP contribution in [0, 0.1) is 0 Å². The van der Waals surface area contributed by atoms with Crippen LogP contribution in [-0.2, 0) is 0 Å². The zero-order valence-corrected chi connectivity index (χ0v) is 12.4. The van der Waals surface area contributed by atoms with Crippen LogP contribution < -0.4 is 25.3 Å². The molecule has 0 unspecified atom stereocenters. The van der Waals surface area contributed by atoms with Crippen LogP contribution in [0.3, 0.4) is 0 Å². The van der Waals surface area contributed by atoms with Gasteiger partial charge in [-0.25, -0.2) is 4.99 Å². The van der Waals surface area contributed by atoms with Crippen LogP contribution >= 0.6 is 0 Å². The Kier molecular flexibility index (Phi) is 3.74. The average Bonchev–Trinajstić information content (AvgIpc) is 2.55. The predicted octanol–water partition coefficient (Wildman–Crippen LogP) is 2.82. The van der Waals surface area contributed by atoms with Crippen molar-refractivity contribution in [1.82, 2.24) is 0 Å². The second kappa shape index (κ2) is 5.85. The van der Waals surface area contributed by atoms with Gasteiger partial charge >= 0.3 is 0 Å². The lowest BCUT2D eigenvalue weighted by molar-refractivity contribution is 0.355. The number of nitrogens with zero attached hydrogens (tertiary/aromatic N) is 1. The molecule has 3 N–H and O–H groups in total. The quantitative estimate of drug-likeness (QED) is 0.852. The summed E-state index contributed by atoms with van der Waals surface area (Å²) >= 11 is 0. The van der Waals surface area contributed by atoms with E-state index in [1.54, 1.807) is 26.4 Å². The van der Waals surface area contributed by atoms with E-state index in [4.69, 9.17) is 19.9 Å². The fraction of sp³-hybridized carbons (Fsp3) is 0.188. The highest BCUT2D eigenvalue weighted by molar-refractivity contribution is 5.99. The molecule has 0 aromatic heterocycles. The highest BCUT2D eigenvalue weighted by atomic mass is 16.5. The molecule has 0 radical (unpaired) electrons. The molecule has 2 aromatic rings. The van der Waals surface area contributed by atoms with Crippen molar-refractivity contribution in [2.75, 3.05) is 31.9 Å². The minimum absolute atomic E-state index is 0.352. The fourth-order valence-electron chi connectivity index (χ4n) is 2.21. The molecule has 22 heavy (non-hydrogen) atoms. The third-order valence-electron chi connectivity index (χ3n) is 3.28. The highest BCUT2D eigenvalue weighted by Gasteiger charge is 2.14. The number of aliphatic imine (C=N–C) groups is 1. The number of hydrogen-bond donors (Lipinski definition) is 2. The molecule has 2 aromatic carbocycles. The van der Waals surface area contributed by atoms with E-state index in [1.165, 1.54) is 0 Å². The SMILES string of the molecule is COc1ccc(NC2=Nc3ccc(N)cc3OC2)cc1OC. The summed E-state index contributed by atoms with van der Waals surface area (Å²) in [6.45, 7) is 0.352. The van der Waals surface area contributed by atoms with Crippen molar-refractivity contribution in [2.24, 2.45) is 4.99 Å². The normalized spacial score (nSPS) is 12.7. The number of anilines is 2. The summed E-state index contributed by atoms with van der Waals surface area (Å²) in [7, 11) is 3.20. The summed E-state index contributed by atoms with van der Waals surface area (Å²) in [4.78, 5) is 4.53. The molecule has 0 saturated heterocycles. The van der Waals surface area contributed by atoms with Gasteiger partial charge in [0.05, 0.1) is 14.2 Å². The zero-order chi connectivity index (χ0) is 15.5. The summed E-state index contributed by atoms with van der Waals surface area (Å²) in [6.07, 6.45) is 0. The molecule has 1 heterocycles. The van der Waals surface area contributed by atoms with Crippen LogP contribution in [0.1, 0.15) is 0 Å². The van der Waals surface area contributed by atoms with Gasteiger partial charge in [-0.1, -0.05) is 0 Å². The second-order valence-corrected chi connectivity index (χ2v) is 4.77. The second-order valence-electron chi connectivity index (χ2n) is 4.77. The summed E-state index contributed by atoms with van der Waals surface area (Å²) in [6, 6.07) is 11.0. The van der Waals surface area contributed by atoms with Crippen molar-refractivity contribution in [3.63, 3.8) is 0 Å². The Labute approximate surface area is 128 Å². The number of rotatable bonds is 3. The van der Waals surface area contributed by atoms with E-state index in [0.717, 1.165) is 11.4 Å². The Morgan fingerprint density at radius 2 is 1.91 bits per heavy atom. The Morgan fingerprint density at radius 1 is 1.09 bits per heavy atom. The minimum atomic E-state index is 0.352. The number of ether oxygens (including phenoxy) is 3. The van der Waals surface area contributed by atoms with E-state index in [2.05, 4.69) is 10.3 Å². The Hall–Kier alpha value is -2.89. The van der Waals surface area contributed by atoms with Gasteiger partial charge < -0.3 is 25.3 Å². The van der Waals surface area contributed by atoms with Gasteiger partial charge in [0.1, 0.15) is 23.9 Å². The monoisotopic (exact) mass is 299 g/mol. The van der Waals surface area contributed by atoms with Crippen molar-refractivity contribution >= 4 is 22.9 Å². The smallest absolute Gasteiger partial charge is 0.162 e. The number of fused-ring (bicyclic) bond motifs is 1. The van der Waals surface area contributed by atoms with Crippen LogP contribution in [0.15, 0.2) is 41.4 Å². The first-order valence-corrected chi connectivity index (χ1v) is 6.78. The van der Waals surface area contributed by atoms with Crippen LogP contribution in [-0.4, -0.2) is 26.7 Å². The molecule has 6 nitrogen and oxygen atoms in total. The number of nitrogens with one attached hydrogen (secondary N) is 1. The van der Waals surface area contributed by atoms with Crippen LogP contribution in [0.4, 0.5) is 17.1 Å². The van der Waals surface area contributed by atoms with E-state index in [1.807, 2.05) is 24.3 Å². The zero-order valence-electron chi connectivity index (χ0n) is 12.4. The summed E-state index contributed by atoms with van der Waals surface area (Å²) in [5, 5.41) is 3.22. The number of amidine groups is 1. The van der Waals surface area contributed by atoms with Crippen molar-refractivity contribution in [1.29, 1.82) is 0 Å². The third-order valence-corrected chi connectivity index (χ3v) is 3.28. The maximum atomic E-state index is 5.73. The molecule has 6 heteroatoms. The van der Waals surface area contributed by atoms with Gasteiger partial charge in [-0.2, -0.15) is 0 Å². The first-order chi connectivity index (χ1) is 10.7. The summed E-state index contributed by atoms with van der Waals surface area (Å²) in [5.74, 6) is 2.73. The molecule has 0 spiro atoms. The molecule has 0 saturated carbocycles. The molecule has 114 valence electrons. The molecule has 1 aliphatic rings. The average molecular weight is 299 g/mol. The van der Waals surface area contributed by atoms with E-state index in [9.17, 15) is 0 Å². The molecule has 0 atom stereocenters. The van der Waals surface area contributed by atoms with Crippen molar-refractivity contribution in [3.05, 3.63) is 36.4 Å². The molecule has 0 bridgehead atoms. The van der Waals surface area contributed by atoms with E-state index in [0.29, 0.717) is 35.4 Å². The van der Waals surface area contributed by atoms with Gasteiger partial charge in [0.2, 0.25) is 0 Å². The lowest BCUT2D eigenvalue weighted by atomic mass is 10.2. The molecule has 0 fully saturated rings. The van der Waals surface area contributed by atoms with Gasteiger partial charge in [-0.3, -0.25) is 0 Å². The number of hydrogen-bond acceptors (Lipinski definition) is 6. The lowest BCUT2D eigenvalue weighted by Gasteiger charge is -2.19. The first-order valence-electron chi connectivity index (χ1n) is 6.78. The van der Waals surface area contributed by atoms with Crippen LogP contribution in [0.2, 0.25) is 0 Å². The first kappa shape index (κ1) is 14.1. The molecule has 0 amide bonds. The summed E-state index contributed by atoms with van der Waals surface area (Å²) < 4.78 is 16.2. The molecule has 1 aliphatic heterocycles. The molecule has 3 rings (SSSR count). The Bertz CT molecular complexity index is 729. The minimum Gasteiger partial charge on any atom is -0.493 e. The highest BCUT2D eigenvalue weighted by Crippen LogP contribution is 2.33. The predicted molar refractivity (Wildman–Crippen MR) is 86.6 cm³/mol. The van der Waals surface area contributed by atoms with Gasteiger partial charge in [-0.05, 0) is 24.3 Å². The van der Waals surface area contributed by atoms with E-state index < -0.39 is 0 Å². The largest absolute Gasteiger partial charge is 0.493 e. The lowest BCUT2D eigenvalue weighted by Crippen LogP contribution is -2.23. The van der Waals surface area contributed by atoms with Crippen molar-refractivity contribution in [3.8, 4) is 17.2 Å². The number of benzene rings is 2. The van der Waals surface area contributed by atoms with Crippen LogP contribution in [0.5, 0.6) is 17.2 Å². The van der Waals surface area contributed by atoms with Crippen LogP contribution in [0.25, 0.3) is 0 Å². The van der Waals surface area contributed by atoms with Gasteiger partial charge in [-0.15, -0.1) is 0 Å². The number of methoxy groups -OCH3 is 2. The Balaban J connectivity index is 1.83. The van der Waals surface area contributed by atoms with Crippen molar-refractivity contribution in [2.45, 2.75) is 0 Å². The summed E-state index contributed by atoms with van der Waals surface area (Å²) in [5.41, 5.74) is 7.99. The molecular formula is C16H17N3O3. The maximum absolute atomic E-state index is 5.73. The fourth-order valence-corrected chi connectivity index (χ4v) is 2.21. The maximum Gasteiger partial charge on any atom is 0.162 e. The van der Waals surface area contributed by atoms with Gasteiger partial charge in [0.25, 0.3) is 0 Å². The number of nitrogen functional groups attached to an aromatic ring is 1. The van der Waals surface area contributed by atoms with Gasteiger partial charge in [0.15, 0.2) is 11.5 Å². The number of nitrogens with two attached hydrogens (primary N) is 1. The topological polar surface area (TPSA) is 78.1 Å². The standard InChI is InChI=1S/C16H17N3O3/c1-20-13-6-4-11(8-15(13)21-2)18-16-9-22-14-7-10(17)3-5-12(14)19-16/h3-8H,9,17H2,1-2H3,(H,18,19). The van der Waals surface area contributed by atoms with E-state index in [-0.39, 0.29) is 0 Å².